The number of nitrogens with zero attached hydrogens (tertiary/aromatic N) is 3. The summed E-state index contributed by atoms with van der Waals surface area (Å²) in [6.07, 6.45) is -0.593. The monoisotopic (exact) mass is 408 g/mol. The Balaban J connectivity index is 2.09. The zero-order valence-corrected chi connectivity index (χ0v) is 15.8. The van der Waals surface area contributed by atoms with Crippen molar-refractivity contribution >= 4 is 34.9 Å². The number of hydrogen-bond donors (Lipinski definition) is 1. The number of hydrogen-bond acceptors (Lipinski definition) is 7. The van der Waals surface area contributed by atoms with Crippen LogP contribution < -0.4 is 10.9 Å². The van der Waals surface area contributed by atoms with Crippen molar-refractivity contribution in [2.24, 2.45) is 0 Å². The number of aryl methyl sites for hydroxylation is 1. The second-order valence-corrected chi connectivity index (χ2v) is 6.15. The molecule has 0 saturated carbocycles. The number of rotatable bonds is 7. The van der Waals surface area contributed by atoms with Crippen molar-refractivity contribution in [1.82, 2.24) is 9.78 Å². The first kappa shape index (κ1) is 21.0. The van der Waals surface area contributed by atoms with Gasteiger partial charge in [0.15, 0.2) is 11.8 Å². The standard InChI is InChI=1S/C17H17ClN4O6/c1-3-8-21-15(23)7-6-13(20-21)17(25)28-10(2)16(24)19-14-9-11(22(26)27)4-5-12(14)18/h4-7,9-10H,3,8H2,1-2H3,(H,19,24). The molecule has 1 unspecified atom stereocenters. The molecule has 0 bridgehead atoms. The molecule has 0 spiro atoms. The smallest absolute Gasteiger partial charge is 0.359 e. The van der Waals surface area contributed by atoms with Crippen LogP contribution in [0, 0.1) is 10.1 Å². The van der Waals surface area contributed by atoms with E-state index < -0.39 is 22.9 Å². The van der Waals surface area contributed by atoms with E-state index in [1.54, 1.807) is 0 Å². The number of nitro groups is 1. The summed E-state index contributed by atoms with van der Waals surface area (Å²) in [4.78, 5) is 46.3. The highest BCUT2D eigenvalue weighted by atomic mass is 35.5. The van der Waals surface area contributed by atoms with Crippen LogP contribution in [0.3, 0.4) is 0 Å². The molecular formula is C17H17ClN4O6. The van der Waals surface area contributed by atoms with E-state index in [9.17, 15) is 24.5 Å². The molecule has 1 heterocycles. The Labute approximate surface area is 164 Å². The quantitative estimate of drug-likeness (QED) is 0.422. The molecule has 0 aliphatic heterocycles. The van der Waals surface area contributed by atoms with Crippen LogP contribution in [0.15, 0.2) is 35.1 Å². The fourth-order valence-corrected chi connectivity index (χ4v) is 2.33. The zero-order valence-electron chi connectivity index (χ0n) is 15.0. The van der Waals surface area contributed by atoms with Gasteiger partial charge in [0.25, 0.3) is 17.2 Å². The van der Waals surface area contributed by atoms with E-state index in [2.05, 4.69) is 10.4 Å². The molecule has 11 heteroatoms. The Kier molecular flexibility index (Phi) is 6.83. The molecule has 1 N–H and O–H groups in total. The fraction of sp³-hybridized carbons (Fsp3) is 0.294. The topological polar surface area (TPSA) is 133 Å². The van der Waals surface area contributed by atoms with Crippen LogP contribution in [0.1, 0.15) is 30.8 Å². The van der Waals surface area contributed by atoms with Gasteiger partial charge in [-0.1, -0.05) is 18.5 Å². The predicted molar refractivity (Wildman–Crippen MR) is 100 cm³/mol. The number of benzene rings is 1. The number of aromatic nitrogens is 2. The maximum atomic E-state index is 12.2. The number of carbonyl (C=O) groups excluding carboxylic acids is 2. The van der Waals surface area contributed by atoms with Gasteiger partial charge in [-0.3, -0.25) is 19.7 Å². The molecule has 1 aromatic carbocycles. The van der Waals surface area contributed by atoms with Crippen molar-refractivity contribution in [3.05, 3.63) is 61.5 Å². The first-order chi connectivity index (χ1) is 13.2. The van der Waals surface area contributed by atoms with Crippen molar-refractivity contribution in [1.29, 1.82) is 0 Å². The van der Waals surface area contributed by atoms with E-state index in [4.69, 9.17) is 16.3 Å². The van der Waals surface area contributed by atoms with Crippen molar-refractivity contribution in [2.75, 3.05) is 5.32 Å². The molecule has 0 aliphatic rings. The van der Waals surface area contributed by atoms with E-state index in [1.807, 2.05) is 6.92 Å². The van der Waals surface area contributed by atoms with Gasteiger partial charge in [-0.15, -0.1) is 0 Å². The lowest BCUT2D eigenvalue weighted by molar-refractivity contribution is -0.384. The highest BCUT2D eigenvalue weighted by Crippen LogP contribution is 2.26. The third kappa shape index (κ3) is 5.13. The summed E-state index contributed by atoms with van der Waals surface area (Å²) in [5.41, 5.74) is -0.726. The Morgan fingerprint density at radius 3 is 2.71 bits per heavy atom. The van der Waals surface area contributed by atoms with Gasteiger partial charge >= 0.3 is 5.97 Å². The average Bonchev–Trinajstić information content (AvgIpc) is 2.65. The first-order valence-corrected chi connectivity index (χ1v) is 8.64. The molecular weight excluding hydrogens is 392 g/mol. The third-order valence-electron chi connectivity index (χ3n) is 3.58. The molecule has 2 rings (SSSR count). The summed E-state index contributed by atoms with van der Waals surface area (Å²) < 4.78 is 6.18. The summed E-state index contributed by atoms with van der Waals surface area (Å²) >= 11 is 5.93. The lowest BCUT2D eigenvalue weighted by Gasteiger charge is -2.14. The minimum absolute atomic E-state index is 0.0124. The van der Waals surface area contributed by atoms with Gasteiger partial charge in [0.05, 0.1) is 15.6 Å². The lowest BCUT2D eigenvalue weighted by atomic mass is 10.2. The van der Waals surface area contributed by atoms with Crippen LogP contribution in [-0.4, -0.2) is 32.7 Å². The number of nitro benzene ring substituents is 1. The number of amides is 1. The van der Waals surface area contributed by atoms with Crippen molar-refractivity contribution in [3.63, 3.8) is 0 Å². The van der Waals surface area contributed by atoms with E-state index in [0.717, 1.165) is 10.7 Å². The lowest BCUT2D eigenvalue weighted by Crippen LogP contribution is -2.31. The molecule has 28 heavy (non-hydrogen) atoms. The molecule has 148 valence electrons. The number of nitrogens with one attached hydrogen (secondary N) is 1. The molecule has 0 radical (unpaired) electrons. The number of non-ortho nitro benzene ring substituents is 1. The highest BCUT2D eigenvalue weighted by Gasteiger charge is 2.22. The number of halogens is 1. The number of esters is 1. The first-order valence-electron chi connectivity index (χ1n) is 8.27. The van der Waals surface area contributed by atoms with Crippen LogP contribution in [0.5, 0.6) is 0 Å². The van der Waals surface area contributed by atoms with Crippen LogP contribution >= 0.6 is 11.6 Å². The van der Waals surface area contributed by atoms with Crippen LogP contribution in [0.4, 0.5) is 11.4 Å². The summed E-state index contributed by atoms with van der Waals surface area (Å²) in [5, 5.41) is 17.2. The maximum absolute atomic E-state index is 12.2. The number of anilines is 1. The molecule has 0 fully saturated rings. The fourth-order valence-electron chi connectivity index (χ4n) is 2.16. The van der Waals surface area contributed by atoms with Gasteiger partial charge in [-0.2, -0.15) is 5.10 Å². The second kappa shape index (κ2) is 9.09. The Morgan fingerprint density at radius 2 is 2.07 bits per heavy atom. The van der Waals surface area contributed by atoms with Gasteiger partial charge in [0, 0.05) is 24.7 Å². The van der Waals surface area contributed by atoms with Crippen molar-refractivity contribution < 1.29 is 19.2 Å². The maximum Gasteiger partial charge on any atom is 0.359 e. The minimum Gasteiger partial charge on any atom is -0.448 e. The van der Waals surface area contributed by atoms with Crippen LogP contribution in [0.25, 0.3) is 0 Å². The van der Waals surface area contributed by atoms with E-state index >= 15 is 0 Å². The zero-order chi connectivity index (χ0) is 20.8. The van der Waals surface area contributed by atoms with E-state index in [-0.39, 0.29) is 27.7 Å². The van der Waals surface area contributed by atoms with Crippen LogP contribution in [0.2, 0.25) is 5.02 Å². The SMILES string of the molecule is CCCn1nc(C(=O)OC(C)C(=O)Nc2cc([N+](=O)[O-])ccc2Cl)ccc1=O. The largest absolute Gasteiger partial charge is 0.448 e. The minimum atomic E-state index is -1.24. The van der Waals surface area contributed by atoms with Gasteiger partial charge < -0.3 is 10.1 Å². The summed E-state index contributed by atoms with van der Waals surface area (Å²) in [6.45, 7) is 3.51. The molecule has 0 aliphatic carbocycles. The number of carbonyl (C=O) groups is 2. The van der Waals surface area contributed by atoms with Gasteiger partial charge in [0.1, 0.15) is 0 Å². The van der Waals surface area contributed by atoms with Crippen LogP contribution in [-0.2, 0) is 16.1 Å². The Morgan fingerprint density at radius 1 is 1.36 bits per heavy atom. The van der Waals surface area contributed by atoms with Gasteiger partial charge in [-0.25, -0.2) is 9.48 Å². The van der Waals surface area contributed by atoms with Crippen molar-refractivity contribution in [2.45, 2.75) is 32.9 Å². The Bertz CT molecular complexity index is 974. The number of ether oxygens (including phenoxy) is 1. The molecule has 1 aromatic heterocycles. The van der Waals surface area contributed by atoms with Gasteiger partial charge in [-0.05, 0) is 25.5 Å². The summed E-state index contributed by atoms with van der Waals surface area (Å²) in [6, 6.07) is 5.95. The molecule has 10 nitrogen and oxygen atoms in total. The van der Waals surface area contributed by atoms with Gasteiger partial charge in [0.2, 0.25) is 0 Å². The molecule has 0 saturated heterocycles. The second-order valence-electron chi connectivity index (χ2n) is 5.74. The molecule has 2 aromatic rings. The predicted octanol–water partition coefficient (Wildman–Crippen LogP) is 2.40. The summed E-state index contributed by atoms with van der Waals surface area (Å²) in [7, 11) is 0. The van der Waals surface area contributed by atoms with E-state index in [0.29, 0.717) is 13.0 Å². The summed E-state index contributed by atoms with van der Waals surface area (Å²) in [5.74, 6) is -1.63. The van der Waals surface area contributed by atoms with Crippen molar-refractivity contribution in [3.8, 4) is 0 Å². The Hall–Kier alpha value is -3.27. The average molecular weight is 409 g/mol. The highest BCUT2D eigenvalue weighted by molar-refractivity contribution is 6.33. The van der Waals surface area contributed by atoms with E-state index in [1.165, 1.54) is 31.2 Å². The molecule has 1 amide bonds. The normalized spacial score (nSPS) is 11.5. The molecule has 1 atom stereocenters. The third-order valence-corrected chi connectivity index (χ3v) is 3.91.